The van der Waals surface area contributed by atoms with Crippen molar-refractivity contribution in [1.29, 1.82) is 5.26 Å². The van der Waals surface area contributed by atoms with Gasteiger partial charge in [-0.25, -0.2) is 0 Å². The van der Waals surface area contributed by atoms with Gasteiger partial charge in [0.1, 0.15) is 12.6 Å². The van der Waals surface area contributed by atoms with Crippen LogP contribution < -0.4 is 0 Å². The van der Waals surface area contributed by atoms with E-state index in [0.717, 1.165) is 6.29 Å². The molecule has 1 unspecified atom stereocenters. The summed E-state index contributed by atoms with van der Waals surface area (Å²) < 4.78 is 0. The molecule has 1 atom stereocenters. The van der Waals surface area contributed by atoms with Crippen molar-refractivity contribution in [1.82, 2.24) is 0 Å². The third kappa shape index (κ3) is 1.86. The second-order valence-corrected chi connectivity index (χ2v) is 3.00. The van der Waals surface area contributed by atoms with E-state index in [2.05, 4.69) is 0 Å². The lowest BCUT2D eigenvalue weighted by Crippen LogP contribution is -1.99. The lowest BCUT2D eigenvalue weighted by Gasteiger charge is -2.06. The van der Waals surface area contributed by atoms with Crippen LogP contribution in [0.2, 0.25) is 0 Å². The molecule has 0 spiro atoms. The molecule has 14 heavy (non-hydrogen) atoms. The molecule has 0 saturated carbocycles. The fourth-order valence-electron chi connectivity index (χ4n) is 1.21. The molecule has 1 aromatic carbocycles. The number of nitrogens with zero attached hydrogens (tertiary/aromatic N) is 1. The number of nitriles is 1. The molecule has 70 valence electrons. The summed E-state index contributed by atoms with van der Waals surface area (Å²) in [6.45, 7) is 1.71. The maximum Gasteiger partial charge on any atom is 0.150 e. The zero-order chi connectivity index (χ0) is 10.6. The summed E-state index contributed by atoms with van der Waals surface area (Å²) in [5.74, 6) is -0.314. The van der Waals surface area contributed by atoms with Crippen LogP contribution in [-0.4, -0.2) is 12.6 Å². The molecular formula is C11H9NO2. The maximum absolute atomic E-state index is 10.5. The minimum atomic E-state index is -0.314. The SMILES string of the molecule is CC(C=O)c1ccc(C=O)cc1C#N. The smallest absolute Gasteiger partial charge is 0.150 e. The Kier molecular flexibility index (Phi) is 3.14. The van der Waals surface area contributed by atoms with Gasteiger partial charge in [0.15, 0.2) is 0 Å². The lowest BCUT2D eigenvalue weighted by atomic mass is 9.96. The normalized spacial score (nSPS) is 11.4. The van der Waals surface area contributed by atoms with Crippen LogP contribution in [0.5, 0.6) is 0 Å². The van der Waals surface area contributed by atoms with Gasteiger partial charge in [-0.1, -0.05) is 19.1 Å². The summed E-state index contributed by atoms with van der Waals surface area (Å²) in [5.41, 5.74) is 1.49. The highest BCUT2D eigenvalue weighted by Gasteiger charge is 2.09. The van der Waals surface area contributed by atoms with E-state index >= 15 is 0 Å². The van der Waals surface area contributed by atoms with Gasteiger partial charge in [-0.15, -0.1) is 0 Å². The number of carbonyl (C=O) groups is 2. The van der Waals surface area contributed by atoms with Gasteiger partial charge in [0.25, 0.3) is 0 Å². The number of rotatable bonds is 3. The molecule has 1 rings (SSSR count). The van der Waals surface area contributed by atoms with Crippen molar-refractivity contribution < 1.29 is 9.59 Å². The average Bonchev–Trinajstić information content (AvgIpc) is 2.27. The zero-order valence-electron chi connectivity index (χ0n) is 7.73. The second-order valence-electron chi connectivity index (χ2n) is 3.00. The van der Waals surface area contributed by atoms with E-state index in [4.69, 9.17) is 5.26 Å². The van der Waals surface area contributed by atoms with Gasteiger partial charge in [0, 0.05) is 11.5 Å². The molecule has 3 heteroatoms. The van der Waals surface area contributed by atoms with Crippen LogP contribution in [0.15, 0.2) is 18.2 Å². The van der Waals surface area contributed by atoms with E-state index in [9.17, 15) is 9.59 Å². The maximum atomic E-state index is 10.5. The van der Waals surface area contributed by atoms with Gasteiger partial charge < -0.3 is 4.79 Å². The van der Waals surface area contributed by atoms with Crippen molar-refractivity contribution in [3.05, 3.63) is 34.9 Å². The second kappa shape index (κ2) is 4.33. The predicted molar refractivity (Wildman–Crippen MR) is 51.0 cm³/mol. The molecule has 0 aromatic heterocycles. The highest BCUT2D eigenvalue weighted by Crippen LogP contribution is 2.18. The van der Waals surface area contributed by atoms with Crippen LogP contribution >= 0.6 is 0 Å². The molecule has 0 aliphatic carbocycles. The Hall–Kier alpha value is -1.95. The van der Waals surface area contributed by atoms with Gasteiger partial charge in [-0.05, 0) is 11.6 Å². The zero-order valence-corrected chi connectivity index (χ0v) is 7.73. The molecule has 0 radical (unpaired) electrons. The van der Waals surface area contributed by atoms with E-state index in [1.165, 1.54) is 6.07 Å². The summed E-state index contributed by atoms with van der Waals surface area (Å²) >= 11 is 0. The van der Waals surface area contributed by atoms with Crippen molar-refractivity contribution in [2.24, 2.45) is 0 Å². The number of benzene rings is 1. The average molecular weight is 187 g/mol. The first-order valence-corrected chi connectivity index (χ1v) is 4.17. The van der Waals surface area contributed by atoms with Gasteiger partial charge in [0.05, 0.1) is 11.6 Å². The Balaban J connectivity index is 3.26. The fraction of sp³-hybridized carbons (Fsp3) is 0.182. The molecule has 0 saturated heterocycles. The molecular weight excluding hydrogens is 178 g/mol. The Morgan fingerprint density at radius 2 is 2.14 bits per heavy atom. The van der Waals surface area contributed by atoms with Crippen molar-refractivity contribution in [2.45, 2.75) is 12.8 Å². The number of aldehydes is 2. The van der Waals surface area contributed by atoms with Gasteiger partial charge in [-0.2, -0.15) is 5.26 Å². The fourth-order valence-corrected chi connectivity index (χ4v) is 1.21. The first-order valence-electron chi connectivity index (χ1n) is 4.17. The molecule has 1 aromatic rings. The van der Waals surface area contributed by atoms with E-state index in [0.29, 0.717) is 23.0 Å². The van der Waals surface area contributed by atoms with Gasteiger partial charge >= 0.3 is 0 Å². The summed E-state index contributed by atoms with van der Waals surface area (Å²) in [6.07, 6.45) is 1.45. The topological polar surface area (TPSA) is 57.9 Å². The van der Waals surface area contributed by atoms with E-state index < -0.39 is 0 Å². The molecule has 0 aliphatic rings. The van der Waals surface area contributed by atoms with Crippen LogP contribution in [0.25, 0.3) is 0 Å². The first-order chi connectivity index (χ1) is 6.72. The Morgan fingerprint density at radius 3 is 2.64 bits per heavy atom. The molecule has 0 bridgehead atoms. The molecule has 3 nitrogen and oxygen atoms in total. The number of hydrogen-bond acceptors (Lipinski definition) is 3. The minimum Gasteiger partial charge on any atom is -0.303 e. The van der Waals surface area contributed by atoms with Gasteiger partial charge in [-0.3, -0.25) is 4.79 Å². The van der Waals surface area contributed by atoms with Gasteiger partial charge in [0.2, 0.25) is 0 Å². The van der Waals surface area contributed by atoms with Crippen molar-refractivity contribution in [3.63, 3.8) is 0 Å². The van der Waals surface area contributed by atoms with E-state index in [-0.39, 0.29) is 5.92 Å². The highest BCUT2D eigenvalue weighted by atomic mass is 16.1. The van der Waals surface area contributed by atoms with E-state index in [1.54, 1.807) is 19.1 Å². The first kappa shape index (κ1) is 10.1. The molecule has 0 heterocycles. The number of hydrogen-bond donors (Lipinski definition) is 0. The number of carbonyl (C=O) groups excluding carboxylic acids is 2. The summed E-state index contributed by atoms with van der Waals surface area (Å²) in [4.78, 5) is 21.0. The minimum absolute atomic E-state index is 0.314. The highest BCUT2D eigenvalue weighted by molar-refractivity contribution is 5.76. The lowest BCUT2D eigenvalue weighted by molar-refractivity contribution is -0.108. The summed E-state index contributed by atoms with van der Waals surface area (Å²) in [6, 6.07) is 6.70. The van der Waals surface area contributed by atoms with Crippen LogP contribution in [0.3, 0.4) is 0 Å². The Morgan fingerprint density at radius 1 is 1.43 bits per heavy atom. The molecule has 0 aliphatic heterocycles. The predicted octanol–water partition coefficient (Wildman–Crippen LogP) is 1.67. The monoisotopic (exact) mass is 187 g/mol. The summed E-state index contributed by atoms with van der Waals surface area (Å²) in [7, 11) is 0. The largest absolute Gasteiger partial charge is 0.303 e. The van der Waals surface area contributed by atoms with Crippen LogP contribution in [-0.2, 0) is 4.79 Å². The van der Waals surface area contributed by atoms with Crippen LogP contribution in [0.4, 0.5) is 0 Å². The molecule has 0 amide bonds. The van der Waals surface area contributed by atoms with Crippen molar-refractivity contribution in [2.75, 3.05) is 0 Å². The van der Waals surface area contributed by atoms with Crippen LogP contribution in [0, 0.1) is 11.3 Å². The standard InChI is InChI=1S/C11H9NO2/c1-8(6-13)11-3-2-9(7-14)4-10(11)5-12/h2-4,6-8H,1H3. The van der Waals surface area contributed by atoms with Crippen molar-refractivity contribution in [3.8, 4) is 6.07 Å². The third-order valence-corrected chi connectivity index (χ3v) is 2.03. The quantitative estimate of drug-likeness (QED) is 0.676. The van der Waals surface area contributed by atoms with Crippen LogP contribution in [0.1, 0.15) is 34.3 Å². The van der Waals surface area contributed by atoms with Crippen molar-refractivity contribution >= 4 is 12.6 Å². The Labute approximate surface area is 82.0 Å². The van der Waals surface area contributed by atoms with E-state index in [1.807, 2.05) is 6.07 Å². The molecule has 0 fully saturated rings. The third-order valence-electron chi connectivity index (χ3n) is 2.03. The Bertz CT molecular complexity index is 404. The summed E-state index contributed by atoms with van der Waals surface area (Å²) in [5, 5.41) is 8.80. The molecule has 0 N–H and O–H groups in total.